The van der Waals surface area contributed by atoms with E-state index < -0.39 is 0 Å². The first-order valence-corrected chi connectivity index (χ1v) is 4.92. The second-order valence-corrected chi connectivity index (χ2v) is 3.45. The van der Waals surface area contributed by atoms with Crippen molar-refractivity contribution in [2.45, 2.75) is 19.5 Å². The van der Waals surface area contributed by atoms with Crippen LogP contribution >= 0.6 is 0 Å². The van der Waals surface area contributed by atoms with Crippen molar-refractivity contribution in [1.82, 2.24) is 0 Å². The van der Waals surface area contributed by atoms with Gasteiger partial charge in [-0.05, 0) is 29.5 Å². The number of alkyl halides is 1. The van der Waals surface area contributed by atoms with E-state index >= 15 is 0 Å². The Bertz CT molecular complexity index is 375. The number of benzene rings is 1. The molecule has 0 amide bonds. The molecule has 0 heterocycles. The van der Waals surface area contributed by atoms with Crippen LogP contribution in [0.4, 0.5) is 4.39 Å². The van der Waals surface area contributed by atoms with E-state index in [0.29, 0.717) is 0 Å². The first kappa shape index (κ1) is 9.20. The van der Waals surface area contributed by atoms with Crippen LogP contribution in [0, 0.1) is 0 Å². The maximum Gasteiger partial charge on any atom is 0.115 e. The molecule has 0 spiro atoms. The van der Waals surface area contributed by atoms with E-state index in [9.17, 15) is 4.39 Å². The zero-order chi connectivity index (χ0) is 9.80. The standard InChI is InChI=1S/C13H13F/c14-10-12-8-4-5-9-13(12)11-6-2-1-3-7-11/h1-2,4-6,8-9H,3,7,10H2. The molecule has 14 heavy (non-hydrogen) atoms. The highest BCUT2D eigenvalue weighted by Crippen LogP contribution is 2.26. The summed E-state index contributed by atoms with van der Waals surface area (Å²) in [6.45, 7) is -0.378. The number of rotatable bonds is 2. The van der Waals surface area contributed by atoms with E-state index in [2.05, 4.69) is 12.2 Å². The second kappa shape index (κ2) is 4.23. The molecule has 0 fully saturated rings. The lowest BCUT2D eigenvalue weighted by molar-refractivity contribution is 0.484. The maximum absolute atomic E-state index is 12.7. The van der Waals surface area contributed by atoms with E-state index in [1.807, 2.05) is 30.3 Å². The van der Waals surface area contributed by atoms with Crippen LogP contribution in [0.3, 0.4) is 0 Å². The third-order valence-corrected chi connectivity index (χ3v) is 2.52. The molecule has 1 aliphatic carbocycles. The first-order chi connectivity index (χ1) is 6.92. The van der Waals surface area contributed by atoms with Gasteiger partial charge in [0.25, 0.3) is 0 Å². The van der Waals surface area contributed by atoms with E-state index in [4.69, 9.17) is 0 Å². The highest BCUT2D eigenvalue weighted by Gasteiger charge is 2.07. The van der Waals surface area contributed by atoms with Gasteiger partial charge in [-0.25, -0.2) is 4.39 Å². The lowest BCUT2D eigenvalue weighted by Crippen LogP contribution is -1.93. The number of allylic oxidation sites excluding steroid dienone is 4. The fourth-order valence-corrected chi connectivity index (χ4v) is 1.78. The molecule has 1 aliphatic rings. The Morgan fingerprint density at radius 3 is 2.79 bits per heavy atom. The topological polar surface area (TPSA) is 0 Å². The lowest BCUT2D eigenvalue weighted by Gasteiger charge is -2.12. The van der Waals surface area contributed by atoms with Crippen LogP contribution in [0.5, 0.6) is 0 Å². The Labute approximate surface area is 83.8 Å². The molecule has 0 nitrogen and oxygen atoms in total. The van der Waals surface area contributed by atoms with Gasteiger partial charge < -0.3 is 0 Å². The highest BCUT2D eigenvalue weighted by atomic mass is 19.1. The van der Waals surface area contributed by atoms with E-state index in [1.165, 1.54) is 5.57 Å². The van der Waals surface area contributed by atoms with Crippen LogP contribution in [0.2, 0.25) is 0 Å². The van der Waals surface area contributed by atoms with Crippen LogP contribution < -0.4 is 0 Å². The largest absolute Gasteiger partial charge is 0.246 e. The van der Waals surface area contributed by atoms with E-state index in [1.54, 1.807) is 0 Å². The Hall–Kier alpha value is -1.37. The van der Waals surface area contributed by atoms with Crippen molar-refractivity contribution in [2.75, 3.05) is 0 Å². The quantitative estimate of drug-likeness (QED) is 0.660. The highest BCUT2D eigenvalue weighted by molar-refractivity contribution is 5.70. The zero-order valence-electron chi connectivity index (χ0n) is 8.04. The van der Waals surface area contributed by atoms with Crippen molar-refractivity contribution < 1.29 is 4.39 Å². The van der Waals surface area contributed by atoms with Gasteiger partial charge in [-0.2, -0.15) is 0 Å². The summed E-state index contributed by atoms with van der Waals surface area (Å²) in [6, 6.07) is 7.71. The second-order valence-electron chi connectivity index (χ2n) is 3.45. The number of hydrogen-bond donors (Lipinski definition) is 0. The van der Waals surface area contributed by atoms with Gasteiger partial charge >= 0.3 is 0 Å². The molecular weight excluding hydrogens is 175 g/mol. The Kier molecular flexibility index (Phi) is 2.78. The van der Waals surface area contributed by atoms with E-state index in [0.717, 1.165) is 24.0 Å². The minimum absolute atomic E-state index is 0.378. The van der Waals surface area contributed by atoms with Crippen LogP contribution in [0.25, 0.3) is 5.57 Å². The molecule has 0 saturated carbocycles. The molecule has 0 aliphatic heterocycles. The monoisotopic (exact) mass is 188 g/mol. The molecule has 0 unspecified atom stereocenters. The van der Waals surface area contributed by atoms with Crippen LogP contribution in [-0.2, 0) is 6.67 Å². The van der Waals surface area contributed by atoms with Crippen molar-refractivity contribution in [3.05, 3.63) is 53.6 Å². The fourth-order valence-electron chi connectivity index (χ4n) is 1.78. The molecule has 1 heteroatoms. The third kappa shape index (κ3) is 1.77. The van der Waals surface area contributed by atoms with Crippen LogP contribution in [0.15, 0.2) is 42.5 Å². The molecule has 0 saturated heterocycles. The predicted octanol–water partition coefficient (Wildman–Crippen LogP) is 3.89. The smallest absolute Gasteiger partial charge is 0.115 e. The summed E-state index contributed by atoms with van der Waals surface area (Å²) in [4.78, 5) is 0. The summed E-state index contributed by atoms with van der Waals surface area (Å²) < 4.78 is 12.7. The van der Waals surface area contributed by atoms with Gasteiger partial charge in [-0.1, -0.05) is 42.5 Å². The molecule has 72 valence electrons. The molecule has 1 aromatic carbocycles. The fraction of sp³-hybridized carbons (Fsp3) is 0.231. The maximum atomic E-state index is 12.7. The third-order valence-electron chi connectivity index (χ3n) is 2.52. The molecule has 1 aromatic rings. The summed E-state index contributed by atoms with van der Waals surface area (Å²) in [5.74, 6) is 0. The average Bonchev–Trinajstić information content (AvgIpc) is 2.30. The van der Waals surface area contributed by atoms with Crippen LogP contribution in [0.1, 0.15) is 24.0 Å². The van der Waals surface area contributed by atoms with Gasteiger partial charge in [0.1, 0.15) is 6.67 Å². The summed E-state index contributed by atoms with van der Waals surface area (Å²) in [5, 5.41) is 0. The van der Waals surface area contributed by atoms with Gasteiger partial charge in [-0.3, -0.25) is 0 Å². The summed E-state index contributed by atoms with van der Waals surface area (Å²) in [7, 11) is 0. The molecular formula is C13H13F. The molecule has 0 bridgehead atoms. The van der Waals surface area contributed by atoms with Crippen molar-refractivity contribution in [1.29, 1.82) is 0 Å². The summed E-state index contributed by atoms with van der Waals surface area (Å²) in [5.41, 5.74) is 3.12. The molecule has 0 radical (unpaired) electrons. The normalized spacial score (nSPS) is 15.4. The molecule has 2 rings (SSSR count). The summed E-state index contributed by atoms with van der Waals surface area (Å²) in [6.07, 6.45) is 8.35. The van der Waals surface area contributed by atoms with Crippen LogP contribution in [-0.4, -0.2) is 0 Å². The van der Waals surface area contributed by atoms with Gasteiger partial charge in [0.15, 0.2) is 0 Å². The summed E-state index contributed by atoms with van der Waals surface area (Å²) >= 11 is 0. The molecule has 0 atom stereocenters. The van der Waals surface area contributed by atoms with Gasteiger partial charge in [0.2, 0.25) is 0 Å². The first-order valence-electron chi connectivity index (χ1n) is 4.92. The van der Waals surface area contributed by atoms with Gasteiger partial charge in [-0.15, -0.1) is 0 Å². The minimum atomic E-state index is -0.378. The SMILES string of the molecule is FCc1ccccc1C1=CC=CCC1. The van der Waals surface area contributed by atoms with Crippen molar-refractivity contribution in [2.24, 2.45) is 0 Å². The Balaban J connectivity index is 2.39. The molecule has 0 aromatic heterocycles. The van der Waals surface area contributed by atoms with E-state index in [-0.39, 0.29) is 6.67 Å². The Morgan fingerprint density at radius 2 is 2.07 bits per heavy atom. The van der Waals surface area contributed by atoms with Crippen molar-refractivity contribution in [3.63, 3.8) is 0 Å². The number of hydrogen-bond acceptors (Lipinski definition) is 0. The lowest BCUT2D eigenvalue weighted by atomic mass is 9.94. The number of halogens is 1. The van der Waals surface area contributed by atoms with Crippen molar-refractivity contribution in [3.8, 4) is 0 Å². The Morgan fingerprint density at radius 1 is 1.21 bits per heavy atom. The minimum Gasteiger partial charge on any atom is -0.246 e. The molecule has 0 N–H and O–H groups in total. The van der Waals surface area contributed by atoms with Gasteiger partial charge in [0.05, 0.1) is 0 Å². The average molecular weight is 188 g/mol. The zero-order valence-corrected chi connectivity index (χ0v) is 8.04. The van der Waals surface area contributed by atoms with Crippen molar-refractivity contribution >= 4 is 5.57 Å². The predicted molar refractivity (Wildman–Crippen MR) is 57.6 cm³/mol. The van der Waals surface area contributed by atoms with Gasteiger partial charge in [0, 0.05) is 0 Å².